The zero-order chi connectivity index (χ0) is 20.0. The maximum absolute atomic E-state index is 13.2. The summed E-state index contributed by atoms with van der Waals surface area (Å²) in [5, 5.41) is 3.42. The van der Waals surface area contributed by atoms with Crippen molar-refractivity contribution >= 4 is 52.1 Å². The summed E-state index contributed by atoms with van der Waals surface area (Å²) in [7, 11) is 0. The standard InChI is InChI=1S/C21H15ClN4OS2/c22-15-7-5-12(6-8-15)17-11-29-21(28)26(17)25-20(27)16-10-14-2-1-9-23-19(14)24-18(16)13-3-4-13/h1-2,5-11,13H,3-4H2,(H,25,27). The fourth-order valence-corrected chi connectivity index (χ4v) is 4.38. The first-order valence-electron chi connectivity index (χ1n) is 9.13. The van der Waals surface area contributed by atoms with Gasteiger partial charge in [0.05, 0.1) is 17.0 Å². The zero-order valence-electron chi connectivity index (χ0n) is 15.1. The number of pyridine rings is 2. The lowest BCUT2D eigenvalue weighted by atomic mass is 10.1. The van der Waals surface area contributed by atoms with Crippen LogP contribution in [0.1, 0.15) is 34.8 Å². The molecule has 29 heavy (non-hydrogen) atoms. The van der Waals surface area contributed by atoms with Crippen molar-refractivity contribution in [3.8, 4) is 11.3 Å². The van der Waals surface area contributed by atoms with E-state index >= 15 is 0 Å². The molecule has 0 unspecified atom stereocenters. The fraction of sp³-hybridized carbons (Fsp3) is 0.143. The van der Waals surface area contributed by atoms with E-state index in [1.807, 2.05) is 47.8 Å². The molecule has 1 aliphatic carbocycles. The molecule has 0 atom stereocenters. The van der Waals surface area contributed by atoms with E-state index in [-0.39, 0.29) is 5.91 Å². The minimum atomic E-state index is -0.227. The Morgan fingerprint density at radius 1 is 1.24 bits per heavy atom. The van der Waals surface area contributed by atoms with Crippen molar-refractivity contribution in [2.75, 3.05) is 5.43 Å². The van der Waals surface area contributed by atoms with E-state index in [2.05, 4.69) is 15.4 Å². The smallest absolute Gasteiger partial charge is 0.267 e. The van der Waals surface area contributed by atoms with Gasteiger partial charge in [0, 0.05) is 33.5 Å². The van der Waals surface area contributed by atoms with Gasteiger partial charge >= 0.3 is 0 Å². The lowest BCUT2D eigenvalue weighted by Crippen LogP contribution is -2.25. The average molecular weight is 439 g/mol. The summed E-state index contributed by atoms with van der Waals surface area (Å²) in [6.45, 7) is 0. The van der Waals surface area contributed by atoms with Crippen molar-refractivity contribution in [1.29, 1.82) is 0 Å². The van der Waals surface area contributed by atoms with Crippen LogP contribution in [0, 0.1) is 3.95 Å². The number of carbonyl (C=O) groups excluding carboxylic acids is 1. The van der Waals surface area contributed by atoms with Crippen molar-refractivity contribution in [1.82, 2.24) is 14.6 Å². The molecular formula is C21H15ClN4OS2. The maximum atomic E-state index is 13.2. The van der Waals surface area contributed by atoms with Crippen LogP contribution in [0.25, 0.3) is 22.3 Å². The number of fused-ring (bicyclic) bond motifs is 1. The van der Waals surface area contributed by atoms with Crippen molar-refractivity contribution in [3.63, 3.8) is 0 Å². The highest BCUT2D eigenvalue weighted by atomic mass is 35.5. The van der Waals surface area contributed by atoms with Crippen LogP contribution in [0.5, 0.6) is 0 Å². The Labute approximate surface area is 181 Å². The molecule has 0 radical (unpaired) electrons. The van der Waals surface area contributed by atoms with Crippen molar-refractivity contribution < 1.29 is 4.79 Å². The predicted octanol–water partition coefficient (Wildman–Crippen LogP) is 5.80. The second kappa shape index (κ2) is 7.33. The van der Waals surface area contributed by atoms with Crippen LogP contribution in [-0.2, 0) is 0 Å². The van der Waals surface area contributed by atoms with Crippen LogP contribution in [-0.4, -0.2) is 20.6 Å². The summed E-state index contributed by atoms with van der Waals surface area (Å²) < 4.78 is 2.21. The van der Waals surface area contributed by atoms with Crippen molar-refractivity contribution in [2.45, 2.75) is 18.8 Å². The number of hydrogen-bond donors (Lipinski definition) is 1. The molecule has 3 aromatic heterocycles. The highest BCUT2D eigenvalue weighted by molar-refractivity contribution is 7.73. The van der Waals surface area contributed by atoms with E-state index < -0.39 is 0 Å². The number of amides is 1. The molecule has 1 N–H and O–H groups in total. The normalized spacial score (nSPS) is 13.6. The SMILES string of the molecule is O=C(Nn1c(-c2ccc(Cl)cc2)csc1=S)c1cc2cccnc2nc1C1CC1. The number of nitrogens with one attached hydrogen (secondary N) is 1. The summed E-state index contributed by atoms with van der Waals surface area (Å²) >= 11 is 12.9. The molecule has 5 rings (SSSR count). The highest BCUT2D eigenvalue weighted by Gasteiger charge is 2.30. The maximum Gasteiger partial charge on any atom is 0.272 e. The summed E-state index contributed by atoms with van der Waals surface area (Å²) in [5.41, 5.74) is 6.75. The van der Waals surface area contributed by atoms with Gasteiger partial charge in [-0.15, -0.1) is 11.3 Å². The van der Waals surface area contributed by atoms with E-state index in [1.165, 1.54) is 11.3 Å². The van der Waals surface area contributed by atoms with Gasteiger partial charge in [-0.2, -0.15) is 0 Å². The Morgan fingerprint density at radius 2 is 2.03 bits per heavy atom. The summed E-state index contributed by atoms with van der Waals surface area (Å²) in [4.78, 5) is 22.3. The van der Waals surface area contributed by atoms with Gasteiger partial charge < -0.3 is 0 Å². The molecular weight excluding hydrogens is 424 g/mol. The molecule has 1 amide bonds. The molecule has 144 valence electrons. The topological polar surface area (TPSA) is 59.8 Å². The molecule has 1 saturated carbocycles. The number of hydrogen-bond acceptors (Lipinski definition) is 5. The second-order valence-corrected chi connectivity index (χ2v) is 8.86. The summed E-state index contributed by atoms with van der Waals surface area (Å²) in [5.74, 6) is 0.0863. The fourth-order valence-electron chi connectivity index (χ4n) is 3.26. The zero-order valence-corrected chi connectivity index (χ0v) is 17.5. The van der Waals surface area contributed by atoms with Gasteiger partial charge in [-0.05, 0) is 55.4 Å². The van der Waals surface area contributed by atoms with E-state index in [1.54, 1.807) is 10.9 Å². The molecule has 3 heterocycles. The molecule has 8 heteroatoms. The molecule has 5 nitrogen and oxygen atoms in total. The largest absolute Gasteiger partial charge is 0.272 e. The molecule has 0 saturated heterocycles. The minimum absolute atomic E-state index is 0.227. The van der Waals surface area contributed by atoms with Gasteiger partial charge in [-0.3, -0.25) is 10.2 Å². The summed E-state index contributed by atoms with van der Waals surface area (Å²) in [6, 6.07) is 13.1. The minimum Gasteiger partial charge on any atom is -0.267 e. The quantitative estimate of drug-likeness (QED) is 0.409. The second-order valence-electron chi connectivity index (χ2n) is 6.92. The van der Waals surface area contributed by atoms with Crippen molar-refractivity contribution in [2.24, 2.45) is 0 Å². The molecule has 1 aromatic carbocycles. The Balaban J connectivity index is 1.55. The number of benzene rings is 1. The van der Waals surface area contributed by atoms with Crippen LogP contribution >= 0.6 is 35.2 Å². The van der Waals surface area contributed by atoms with Crippen LogP contribution < -0.4 is 5.43 Å². The number of carbonyl (C=O) groups is 1. The molecule has 0 bridgehead atoms. The van der Waals surface area contributed by atoms with Crippen LogP contribution in [0.2, 0.25) is 5.02 Å². The van der Waals surface area contributed by atoms with E-state index in [4.69, 9.17) is 23.8 Å². The van der Waals surface area contributed by atoms with E-state index in [0.717, 1.165) is 35.2 Å². The lowest BCUT2D eigenvalue weighted by molar-refractivity contribution is 0.101. The Morgan fingerprint density at radius 3 is 2.79 bits per heavy atom. The van der Waals surface area contributed by atoms with E-state index in [0.29, 0.717) is 26.1 Å². The summed E-state index contributed by atoms with van der Waals surface area (Å²) in [6.07, 6.45) is 3.80. The molecule has 0 aliphatic heterocycles. The number of aromatic nitrogens is 3. The van der Waals surface area contributed by atoms with Crippen LogP contribution in [0.4, 0.5) is 0 Å². The first kappa shape index (κ1) is 18.4. The molecule has 0 spiro atoms. The van der Waals surface area contributed by atoms with Gasteiger partial charge in [0.15, 0.2) is 9.60 Å². The third-order valence-corrected chi connectivity index (χ3v) is 6.32. The van der Waals surface area contributed by atoms with Crippen LogP contribution in [0.15, 0.2) is 54.0 Å². The average Bonchev–Trinajstić information content (AvgIpc) is 3.52. The Kier molecular flexibility index (Phi) is 4.66. The third-order valence-electron chi connectivity index (χ3n) is 4.88. The van der Waals surface area contributed by atoms with Crippen LogP contribution in [0.3, 0.4) is 0 Å². The first-order chi connectivity index (χ1) is 14.1. The molecule has 4 aromatic rings. The van der Waals surface area contributed by atoms with Gasteiger partial charge in [0.25, 0.3) is 5.91 Å². The monoisotopic (exact) mass is 438 g/mol. The van der Waals surface area contributed by atoms with Crippen molar-refractivity contribution in [3.05, 3.63) is 74.3 Å². The molecule has 1 aliphatic rings. The Bertz CT molecular complexity index is 1290. The number of thiazole rings is 1. The molecule has 1 fully saturated rings. The highest BCUT2D eigenvalue weighted by Crippen LogP contribution is 2.41. The van der Waals surface area contributed by atoms with Gasteiger partial charge in [0.1, 0.15) is 0 Å². The van der Waals surface area contributed by atoms with Gasteiger partial charge in [0.2, 0.25) is 0 Å². The van der Waals surface area contributed by atoms with E-state index in [9.17, 15) is 4.79 Å². The third kappa shape index (κ3) is 3.57. The number of nitrogens with zero attached hydrogens (tertiary/aromatic N) is 3. The predicted molar refractivity (Wildman–Crippen MR) is 119 cm³/mol. The van der Waals surface area contributed by atoms with Gasteiger partial charge in [-0.25, -0.2) is 14.6 Å². The number of rotatable bonds is 4. The Hall–Kier alpha value is -2.61. The lowest BCUT2D eigenvalue weighted by Gasteiger charge is -2.13. The van der Waals surface area contributed by atoms with Gasteiger partial charge in [-0.1, -0.05) is 23.7 Å². The number of halogens is 1. The first-order valence-corrected chi connectivity index (χ1v) is 10.8.